The third-order valence-corrected chi connectivity index (χ3v) is 2.90. The van der Waals surface area contributed by atoms with Crippen molar-refractivity contribution in [3.05, 3.63) is 35.9 Å². The fraction of sp³-hybridized carbons (Fsp3) is 0.533. The topological polar surface area (TPSA) is 55.1 Å². The Morgan fingerprint density at radius 1 is 1.28 bits per heavy atom. The van der Waals surface area contributed by atoms with Gasteiger partial charge in [-0.25, -0.2) is 0 Å². The second kappa shape index (κ2) is 7.88. The molecule has 3 heteroatoms. The number of amides is 1. The molecule has 1 amide bonds. The number of benzene rings is 1. The van der Waals surface area contributed by atoms with Crippen LogP contribution in [0.1, 0.15) is 44.7 Å². The Hall–Kier alpha value is -1.35. The Balaban J connectivity index is 2.49. The molecule has 0 fully saturated rings. The summed E-state index contributed by atoms with van der Waals surface area (Å²) in [4.78, 5) is 10.7. The first-order chi connectivity index (χ1) is 8.59. The van der Waals surface area contributed by atoms with Crippen molar-refractivity contribution in [3.63, 3.8) is 0 Å². The Bertz CT molecular complexity index is 349. The van der Waals surface area contributed by atoms with Crippen LogP contribution in [0.3, 0.4) is 0 Å². The summed E-state index contributed by atoms with van der Waals surface area (Å²) in [6.07, 6.45) is 2.35. The molecule has 0 radical (unpaired) electrons. The molecule has 0 heterocycles. The second-order valence-electron chi connectivity index (χ2n) is 5.12. The van der Waals surface area contributed by atoms with Gasteiger partial charge in [0.15, 0.2) is 0 Å². The molecule has 0 aliphatic rings. The highest BCUT2D eigenvalue weighted by Crippen LogP contribution is 2.20. The predicted octanol–water partition coefficient (Wildman–Crippen LogP) is 2.63. The molecule has 3 N–H and O–H groups in total. The molecule has 1 aromatic carbocycles. The molecule has 1 atom stereocenters. The monoisotopic (exact) mass is 248 g/mol. The number of hydrogen-bond acceptors (Lipinski definition) is 2. The van der Waals surface area contributed by atoms with Crippen molar-refractivity contribution in [2.75, 3.05) is 6.54 Å². The average Bonchev–Trinajstić information content (AvgIpc) is 2.33. The minimum absolute atomic E-state index is 0.225. The molecule has 3 nitrogen and oxygen atoms in total. The van der Waals surface area contributed by atoms with E-state index in [1.54, 1.807) is 0 Å². The van der Waals surface area contributed by atoms with E-state index < -0.39 is 0 Å². The van der Waals surface area contributed by atoms with Gasteiger partial charge in [-0.3, -0.25) is 4.79 Å². The molecule has 0 aromatic heterocycles. The van der Waals surface area contributed by atoms with Gasteiger partial charge in [-0.1, -0.05) is 44.2 Å². The number of primary amides is 1. The van der Waals surface area contributed by atoms with Crippen LogP contribution in [0.4, 0.5) is 0 Å². The first-order valence-corrected chi connectivity index (χ1v) is 6.66. The summed E-state index contributed by atoms with van der Waals surface area (Å²) in [5.41, 5.74) is 6.44. The van der Waals surface area contributed by atoms with Crippen molar-refractivity contribution >= 4 is 5.91 Å². The Kier molecular flexibility index (Phi) is 6.44. The number of nitrogens with one attached hydrogen (secondary N) is 1. The van der Waals surface area contributed by atoms with Crippen molar-refractivity contribution in [3.8, 4) is 0 Å². The van der Waals surface area contributed by atoms with Crippen LogP contribution in [0.5, 0.6) is 0 Å². The van der Waals surface area contributed by atoms with Crippen LogP contribution in [-0.2, 0) is 4.79 Å². The maximum atomic E-state index is 10.7. The predicted molar refractivity (Wildman–Crippen MR) is 75.1 cm³/mol. The van der Waals surface area contributed by atoms with Crippen LogP contribution in [0.15, 0.2) is 30.3 Å². The zero-order valence-corrected chi connectivity index (χ0v) is 11.4. The maximum Gasteiger partial charge on any atom is 0.217 e. The van der Waals surface area contributed by atoms with Crippen molar-refractivity contribution in [2.24, 2.45) is 11.7 Å². The summed E-state index contributed by atoms with van der Waals surface area (Å²) in [5, 5.41) is 3.51. The molecular weight excluding hydrogens is 224 g/mol. The molecule has 1 aromatic rings. The van der Waals surface area contributed by atoms with E-state index in [1.807, 2.05) is 6.07 Å². The first kappa shape index (κ1) is 14.7. The van der Waals surface area contributed by atoms with Crippen LogP contribution in [-0.4, -0.2) is 12.5 Å². The van der Waals surface area contributed by atoms with Gasteiger partial charge < -0.3 is 11.1 Å². The van der Waals surface area contributed by atoms with E-state index in [-0.39, 0.29) is 5.91 Å². The van der Waals surface area contributed by atoms with Crippen LogP contribution < -0.4 is 11.1 Å². The summed E-state index contributed by atoms with van der Waals surface area (Å²) in [6, 6.07) is 10.8. The third kappa shape index (κ3) is 5.82. The van der Waals surface area contributed by atoms with E-state index >= 15 is 0 Å². The Morgan fingerprint density at radius 3 is 2.50 bits per heavy atom. The number of hydrogen-bond donors (Lipinski definition) is 2. The van der Waals surface area contributed by atoms with Gasteiger partial charge >= 0.3 is 0 Å². The Morgan fingerprint density at radius 2 is 1.94 bits per heavy atom. The molecule has 1 unspecified atom stereocenters. The zero-order chi connectivity index (χ0) is 13.4. The lowest BCUT2D eigenvalue weighted by atomic mass is 9.97. The fourth-order valence-corrected chi connectivity index (χ4v) is 2.03. The van der Waals surface area contributed by atoms with Gasteiger partial charge in [-0.2, -0.15) is 0 Å². The van der Waals surface area contributed by atoms with Crippen molar-refractivity contribution < 1.29 is 4.79 Å². The molecule has 0 spiro atoms. The standard InChI is InChI=1S/C15H24N2O/c1-12(2)11-14(13-7-4-3-5-8-13)17-10-6-9-15(16)18/h3-5,7-8,12,14,17H,6,9-11H2,1-2H3,(H2,16,18). The largest absolute Gasteiger partial charge is 0.370 e. The highest BCUT2D eigenvalue weighted by atomic mass is 16.1. The van der Waals surface area contributed by atoms with E-state index in [9.17, 15) is 4.79 Å². The second-order valence-corrected chi connectivity index (χ2v) is 5.12. The van der Waals surface area contributed by atoms with Crippen LogP contribution in [0, 0.1) is 5.92 Å². The number of carbonyl (C=O) groups is 1. The van der Waals surface area contributed by atoms with E-state index in [0.717, 1.165) is 19.4 Å². The number of nitrogens with two attached hydrogens (primary N) is 1. The minimum atomic E-state index is -0.225. The molecule has 100 valence electrons. The molecule has 0 saturated carbocycles. The van der Waals surface area contributed by atoms with E-state index in [1.165, 1.54) is 5.56 Å². The summed E-state index contributed by atoms with van der Waals surface area (Å²) < 4.78 is 0. The molecule has 18 heavy (non-hydrogen) atoms. The van der Waals surface area contributed by atoms with Crippen LogP contribution in [0.25, 0.3) is 0 Å². The summed E-state index contributed by atoms with van der Waals surface area (Å²) in [5.74, 6) is 0.413. The first-order valence-electron chi connectivity index (χ1n) is 6.66. The van der Waals surface area contributed by atoms with Gasteiger partial charge in [-0.05, 0) is 30.9 Å². The zero-order valence-electron chi connectivity index (χ0n) is 11.4. The van der Waals surface area contributed by atoms with E-state index in [4.69, 9.17) is 5.73 Å². The fourth-order valence-electron chi connectivity index (χ4n) is 2.03. The normalized spacial score (nSPS) is 12.6. The highest BCUT2D eigenvalue weighted by Gasteiger charge is 2.12. The van der Waals surface area contributed by atoms with E-state index in [0.29, 0.717) is 18.4 Å². The molecule has 1 rings (SSSR count). The lowest BCUT2D eigenvalue weighted by Crippen LogP contribution is -2.25. The lowest BCUT2D eigenvalue weighted by molar-refractivity contribution is -0.118. The van der Waals surface area contributed by atoms with Crippen molar-refractivity contribution in [1.29, 1.82) is 0 Å². The van der Waals surface area contributed by atoms with Gasteiger partial charge in [0.1, 0.15) is 0 Å². The molecular formula is C15H24N2O. The van der Waals surface area contributed by atoms with Gasteiger partial charge in [0.2, 0.25) is 5.91 Å². The summed E-state index contributed by atoms with van der Waals surface area (Å²) >= 11 is 0. The Labute approximate surface area is 110 Å². The van der Waals surface area contributed by atoms with Crippen LogP contribution in [0.2, 0.25) is 0 Å². The number of carbonyl (C=O) groups excluding carboxylic acids is 1. The maximum absolute atomic E-state index is 10.7. The van der Waals surface area contributed by atoms with Gasteiger partial charge in [0.05, 0.1) is 0 Å². The number of rotatable bonds is 8. The molecule has 0 aliphatic carbocycles. The van der Waals surface area contributed by atoms with Crippen molar-refractivity contribution in [2.45, 2.75) is 39.2 Å². The van der Waals surface area contributed by atoms with Crippen LogP contribution >= 0.6 is 0 Å². The van der Waals surface area contributed by atoms with E-state index in [2.05, 4.69) is 43.4 Å². The van der Waals surface area contributed by atoms with Crippen molar-refractivity contribution in [1.82, 2.24) is 5.32 Å². The summed E-state index contributed by atoms with van der Waals surface area (Å²) in [7, 11) is 0. The summed E-state index contributed by atoms with van der Waals surface area (Å²) in [6.45, 7) is 5.28. The highest BCUT2D eigenvalue weighted by molar-refractivity contribution is 5.73. The molecule has 0 saturated heterocycles. The lowest BCUT2D eigenvalue weighted by Gasteiger charge is -2.21. The smallest absolute Gasteiger partial charge is 0.217 e. The molecule has 0 bridgehead atoms. The van der Waals surface area contributed by atoms with Gasteiger partial charge in [0, 0.05) is 12.5 Å². The third-order valence-electron chi connectivity index (χ3n) is 2.90. The van der Waals surface area contributed by atoms with Gasteiger partial charge in [0.25, 0.3) is 0 Å². The molecule has 0 aliphatic heterocycles. The van der Waals surface area contributed by atoms with Gasteiger partial charge in [-0.15, -0.1) is 0 Å². The quantitative estimate of drug-likeness (QED) is 0.695. The SMILES string of the molecule is CC(C)CC(NCCCC(N)=O)c1ccccc1. The minimum Gasteiger partial charge on any atom is -0.370 e. The average molecular weight is 248 g/mol.